The van der Waals surface area contributed by atoms with E-state index in [1.54, 1.807) is 0 Å². The predicted molar refractivity (Wildman–Crippen MR) is 233 cm³/mol. The van der Waals surface area contributed by atoms with E-state index in [0.29, 0.717) is 0 Å². The molecule has 0 heterocycles. The van der Waals surface area contributed by atoms with Crippen LogP contribution in [0, 0.1) is 0 Å². The van der Waals surface area contributed by atoms with Crippen LogP contribution in [0.25, 0.3) is 109 Å². The lowest BCUT2D eigenvalue weighted by molar-refractivity contribution is 1.64. The van der Waals surface area contributed by atoms with E-state index in [-0.39, 0.29) is 0 Å². The maximum absolute atomic E-state index is 2.44. The lowest BCUT2D eigenvalue weighted by Crippen LogP contribution is -1.94. The van der Waals surface area contributed by atoms with Crippen LogP contribution in [0.2, 0.25) is 0 Å². The molecule has 0 radical (unpaired) electrons. The second-order valence-electron chi connectivity index (χ2n) is 14.5. The molecule has 0 unspecified atom stereocenters. The monoisotopic (exact) mass is 682 g/mol. The first-order valence-corrected chi connectivity index (χ1v) is 18.7. The molecule has 0 amide bonds. The molecule has 0 aromatic heterocycles. The third-order valence-corrected chi connectivity index (χ3v) is 11.4. The Hall–Kier alpha value is -7.02. The van der Waals surface area contributed by atoms with Crippen LogP contribution in [-0.4, -0.2) is 0 Å². The predicted octanol–water partition coefficient (Wildman–Crippen LogP) is 15.3. The second-order valence-corrected chi connectivity index (χ2v) is 14.5. The van der Waals surface area contributed by atoms with E-state index in [1.165, 1.54) is 109 Å². The summed E-state index contributed by atoms with van der Waals surface area (Å²) >= 11 is 0. The normalized spacial score (nSPS) is 11.7. The van der Waals surface area contributed by atoms with E-state index in [1.807, 2.05) is 0 Å². The Morgan fingerprint density at radius 1 is 0.167 bits per heavy atom. The minimum atomic E-state index is 1.21. The first-order valence-electron chi connectivity index (χ1n) is 18.7. The molecule has 0 heteroatoms. The zero-order valence-corrected chi connectivity index (χ0v) is 29.6. The van der Waals surface area contributed by atoms with E-state index < -0.39 is 0 Å². The van der Waals surface area contributed by atoms with Gasteiger partial charge in [-0.3, -0.25) is 0 Å². The molecule has 11 rings (SSSR count). The zero-order chi connectivity index (χ0) is 35.6. The fraction of sp³-hybridized carbons (Fsp3) is 0. The average molecular weight is 683 g/mol. The first-order chi connectivity index (χ1) is 26.7. The number of rotatable bonds is 4. The van der Waals surface area contributed by atoms with Gasteiger partial charge in [0.15, 0.2) is 0 Å². The summed E-state index contributed by atoms with van der Waals surface area (Å²) in [6.07, 6.45) is 0. The molecule has 0 spiro atoms. The summed E-state index contributed by atoms with van der Waals surface area (Å²) in [4.78, 5) is 0. The Morgan fingerprint density at radius 3 is 0.778 bits per heavy atom. The molecule has 0 aliphatic heterocycles. The summed E-state index contributed by atoms with van der Waals surface area (Å²) in [7, 11) is 0. The van der Waals surface area contributed by atoms with Crippen molar-refractivity contribution in [2.45, 2.75) is 0 Å². The minimum Gasteiger partial charge on any atom is -0.0616 e. The van der Waals surface area contributed by atoms with Crippen molar-refractivity contribution in [1.29, 1.82) is 0 Å². The summed E-state index contributed by atoms with van der Waals surface area (Å²) in [6, 6.07) is 76.5. The maximum Gasteiger partial charge on any atom is -0.00199 e. The van der Waals surface area contributed by atoms with Crippen molar-refractivity contribution < 1.29 is 0 Å². The van der Waals surface area contributed by atoms with Gasteiger partial charge in [-0.1, -0.05) is 170 Å². The van der Waals surface area contributed by atoms with Gasteiger partial charge in [-0.25, -0.2) is 0 Å². The fourth-order valence-corrected chi connectivity index (χ4v) is 8.63. The molecule has 0 N–H and O–H groups in total. The third kappa shape index (κ3) is 5.07. The van der Waals surface area contributed by atoms with Crippen LogP contribution in [0.1, 0.15) is 0 Å². The van der Waals surface area contributed by atoms with Gasteiger partial charge < -0.3 is 0 Å². The van der Waals surface area contributed by atoms with Gasteiger partial charge in [0.1, 0.15) is 0 Å². The summed E-state index contributed by atoms with van der Waals surface area (Å²) in [6.45, 7) is 0. The number of fused-ring (bicyclic) bond motifs is 7. The fourth-order valence-electron chi connectivity index (χ4n) is 8.63. The number of hydrogen-bond acceptors (Lipinski definition) is 0. The molecule has 250 valence electrons. The van der Waals surface area contributed by atoms with E-state index in [4.69, 9.17) is 0 Å². The lowest BCUT2D eigenvalue weighted by atomic mass is 9.82. The van der Waals surface area contributed by atoms with Crippen molar-refractivity contribution in [3.05, 3.63) is 206 Å². The topological polar surface area (TPSA) is 0 Å². The molecular weight excluding hydrogens is 649 g/mol. The van der Waals surface area contributed by atoms with Crippen LogP contribution in [0.4, 0.5) is 0 Å². The van der Waals surface area contributed by atoms with Gasteiger partial charge in [0.25, 0.3) is 0 Å². The number of hydrogen-bond donors (Lipinski definition) is 0. The van der Waals surface area contributed by atoms with Crippen LogP contribution >= 0.6 is 0 Å². The van der Waals surface area contributed by atoms with Gasteiger partial charge in [-0.2, -0.15) is 0 Å². The summed E-state index contributed by atoms with van der Waals surface area (Å²) in [5, 5.41) is 15.0. The smallest absolute Gasteiger partial charge is 0.00199 e. The van der Waals surface area contributed by atoms with Crippen molar-refractivity contribution in [3.8, 4) is 44.5 Å². The van der Waals surface area contributed by atoms with Crippen molar-refractivity contribution in [1.82, 2.24) is 0 Å². The Morgan fingerprint density at radius 2 is 0.426 bits per heavy atom. The van der Waals surface area contributed by atoms with Gasteiger partial charge in [0.2, 0.25) is 0 Å². The van der Waals surface area contributed by atoms with Gasteiger partial charge in [0, 0.05) is 0 Å². The number of benzene rings is 11. The van der Waals surface area contributed by atoms with E-state index in [2.05, 4.69) is 206 Å². The standard InChI is InChI=1S/C54H34/c1-5-13-39-29-43(21-17-35(39)9-1)45-25-27-49-50-28-26-46(44-22-18-36-10-2-6-14-40(36)30-44)34-52(50)54(48-24-20-38-12-4-8-16-42(38)32-48)53(51(49)33-45)47-23-19-37-11-3-7-15-41(37)31-47/h1-34H. The van der Waals surface area contributed by atoms with E-state index in [0.717, 1.165) is 0 Å². The SMILES string of the molecule is c1ccc2cc(-c3ccc4c(c3)c(-c3ccc5ccccc5c3)c(-c3ccc5ccccc5c3)c3cc(-c5ccc6ccccc6c5)ccc34)ccc2c1. The molecular formula is C54H34. The Kier molecular flexibility index (Phi) is 6.97. The zero-order valence-electron chi connectivity index (χ0n) is 29.6. The molecule has 0 nitrogen and oxygen atoms in total. The Labute approximate surface area is 314 Å². The second kappa shape index (κ2) is 12.3. The Balaban J connectivity index is 1.27. The Bertz CT molecular complexity index is 3050. The van der Waals surface area contributed by atoms with Crippen molar-refractivity contribution >= 4 is 64.6 Å². The summed E-state index contributed by atoms with van der Waals surface area (Å²) in [5.41, 5.74) is 9.83. The van der Waals surface area contributed by atoms with Gasteiger partial charge in [0.05, 0.1) is 0 Å². The molecule has 0 aliphatic rings. The van der Waals surface area contributed by atoms with Crippen LogP contribution in [0.15, 0.2) is 206 Å². The lowest BCUT2D eigenvalue weighted by Gasteiger charge is -2.21. The van der Waals surface area contributed by atoms with Crippen molar-refractivity contribution in [3.63, 3.8) is 0 Å². The van der Waals surface area contributed by atoms with Crippen molar-refractivity contribution in [2.75, 3.05) is 0 Å². The molecule has 0 bridgehead atoms. The summed E-state index contributed by atoms with van der Waals surface area (Å²) < 4.78 is 0. The van der Waals surface area contributed by atoms with Gasteiger partial charge in [-0.15, -0.1) is 0 Å². The van der Waals surface area contributed by atoms with Crippen LogP contribution in [0.3, 0.4) is 0 Å². The maximum atomic E-state index is 2.44. The molecule has 0 saturated heterocycles. The molecule has 0 fully saturated rings. The van der Waals surface area contributed by atoms with Crippen LogP contribution in [-0.2, 0) is 0 Å². The van der Waals surface area contributed by atoms with Crippen LogP contribution in [0.5, 0.6) is 0 Å². The van der Waals surface area contributed by atoms with E-state index in [9.17, 15) is 0 Å². The third-order valence-electron chi connectivity index (χ3n) is 11.4. The molecule has 11 aromatic carbocycles. The molecule has 11 aromatic rings. The molecule has 54 heavy (non-hydrogen) atoms. The largest absolute Gasteiger partial charge is 0.0616 e. The molecule has 0 aliphatic carbocycles. The van der Waals surface area contributed by atoms with E-state index >= 15 is 0 Å². The highest BCUT2D eigenvalue weighted by Crippen LogP contribution is 2.47. The molecule has 0 saturated carbocycles. The highest BCUT2D eigenvalue weighted by Gasteiger charge is 2.20. The highest BCUT2D eigenvalue weighted by atomic mass is 14.2. The van der Waals surface area contributed by atoms with Crippen LogP contribution < -0.4 is 0 Å². The van der Waals surface area contributed by atoms with Gasteiger partial charge in [-0.05, 0) is 146 Å². The highest BCUT2D eigenvalue weighted by molar-refractivity contribution is 6.23. The summed E-state index contributed by atoms with van der Waals surface area (Å²) in [5.74, 6) is 0. The minimum absolute atomic E-state index is 1.21. The van der Waals surface area contributed by atoms with Gasteiger partial charge >= 0.3 is 0 Å². The van der Waals surface area contributed by atoms with Crippen molar-refractivity contribution in [2.24, 2.45) is 0 Å². The molecule has 0 atom stereocenters. The first kappa shape index (κ1) is 30.6. The average Bonchev–Trinajstić information content (AvgIpc) is 3.24. The quantitative estimate of drug-likeness (QED) is 0.162.